The lowest BCUT2D eigenvalue weighted by atomic mass is 10.1. The molecule has 6 heteroatoms. The van der Waals surface area contributed by atoms with E-state index in [0.29, 0.717) is 18.3 Å². The standard InChI is InChI=1S/C17H21N3O3/c1-19-10-8-18-16(17(19)21)20-9-7-13(11-20)12-23-15-6-4-3-5-14(15)22-2/h3-6,8,10,13H,7,9,11-12H2,1-2H3. The number of methoxy groups -OCH3 is 1. The van der Waals surface area contributed by atoms with Crippen LogP contribution in [0.3, 0.4) is 0 Å². The first-order chi connectivity index (χ1) is 11.2. The van der Waals surface area contributed by atoms with E-state index in [9.17, 15) is 4.79 Å². The Morgan fingerprint density at radius 3 is 2.87 bits per heavy atom. The molecule has 1 aliphatic heterocycles. The van der Waals surface area contributed by atoms with Crippen LogP contribution in [-0.4, -0.2) is 36.4 Å². The van der Waals surface area contributed by atoms with Gasteiger partial charge in [-0.3, -0.25) is 4.79 Å². The average molecular weight is 315 g/mol. The van der Waals surface area contributed by atoms with Crippen molar-refractivity contribution in [3.63, 3.8) is 0 Å². The second-order valence-electron chi connectivity index (χ2n) is 5.73. The van der Waals surface area contributed by atoms with Gasteiger partial charge in [0.1, 0.15) is 0 Å². The highest BCUT2D eigenvalue weighted by molar-refractivity contribution is 5.40. The number of rotatable bonds is 5. The van der Waals surface area contributed by atoms with Gasteiger partial charge in [0.05, 0.1) is 13.7 Å². The third kappa shape index (κ3) is 3.31. The molecule has 1 aromatic carbocycles. The van der Waals surface area contributed by atoms with Crippen molar-refractivity contribution >= 4 is 5.82 Å². The zero-order valence-corrected chi connectivity index (χ0v) is 13.4. The smallest absolute Gasteiger partial charge is 0.293 e. The highest BCUT2D eigenvalue weighted by atomic mass is 16.5. The summed E-state index contributed by atoms with van der Waals surface area (Å²) >= 11 is 0. The van der Waals surface area contributed by atoms with Gasteiger partial charge >= 0.3 is 0 Å². The Balaban J connectivity index is 1.62. The summed E-state index contributed by atoms with van der Waals surface area (Å²) in [5.74, 6) is 2.38. The van der Waals surface area contributed by atoms with Crippen molar-refractivity contribution < 1.29 is 9.47 Å². The predicted molar refractivity (Wildman–Crippen MR) is 88.3 cm³/mol. The first-order valence-corrected chi connectivity index (χ1v) is 7.71. The van der Waals surface area contributed by atoms with Crippen LogP contribution in [0.25, 0.3) is 0 Å². The first kappa shape index (κ1) is 15.4. The molecule has 0 aliphatic carbocycles. The molecule has 6 nitrogen and oxygen atoms in total. The molecule has 2 heterocycles. The number of benzene rings is 1. The molecule has 3 rings (SSSR count). The number of para-hydroxylation sites is 2. The zero-order chi connectivity index (χ0) is 16.2. The van der Waals surface area contributed by atoms with Gasteiger partial charge in [0.2, 0.25) is 0 Å². The maximum atomic E-state index is 12.1. The van der Waals surface area contributed by atoms with E-state index in [1.807, 2.05) is 29.2 Å². The summed E-state index contributed by atoms with van der Waals surface area (Å²) < 4.78 is 12.7. The van der Waals surface area contributed by atoms with Crippen molar-refractivity contribution in [1.29, 1.82) is 0 Å². The highest BCUT2D eigenvalue weighted by Crippen LogP contribution is 2.27. The van der Waals surface area contributed by atoms with Gasteiger partial charge in [-0.15, -0.1) is 0 Å². The molecule has 23 heavy (non-hydrogen) atoms. The van der Waals surface area contributed by atoms with Crippen LogP contribution in [0.4, 0.5) is 5.82 Å². The van der Waals surface area contributed by atoms with E-state index in [1.54, 1.807) is 31.1 Å². The Morgan fingerprint density at radius 1 is 1.30 bits per heavy atom. The van der Waals surface area contributed by atoms with E-state index >= 15 is 0 Å². The summed E-state index contributed by atoms with van der Waals surface area (Å²) in [6.45, 7) is 2.21. The quantitative estimate of drug-likeness (QED) is 0.840. The minimum absolute atomic E-state index is 0.0567. The molecule has 0 bridgehead atoms. The Bertz CT molecular complexity index is 729. The lowest BCUT2D eigenvalue weighted by Crippen LogP contribution is -2.31. The molecule has 1 saturated heterocycles. The Hall–Kier alpha value is -2.50. The maximum absolute atomic E-state index is 12.1. The van der Waals surface area contributed by atoms with E-state index in [-0.39, 0.29) is 5.56 Å². The molecule has 0 amide bonds. The second-order valence-corrected chi connectivity index (χ2v) is 5.73. The van der Waals surface area contributed by atoms with Gasteiger partial charge in [-0.25, -0.2) is 4.98 Å². The number of ether oxygens (including phenoxy) is 2. The Labute approximate surface area is 135 Å². The van der Waals surface area contributed by atoms with E-state index < -0.39 is 0 Å². The number of hydrogen-bond acceptors (Lipinski definition) is 5. The van der Waals surface area contributed by atoms with E-state index in [0.717, 1.165) is 31.0 Å². The second kappa shape index (κ2) is 6.73. The molecule has 122 valence electrons. The van der Waals surface area contributed by atoms with E-state index in [1.165, 1.54) is 0 Å². The van der Waals surface area contributed by atoms with Gasteiger partial charge in [0, 0.05) is 38.4 Å². The van der Waals surface area contributed by atoms with Crippen LogP contribution in [0.2, 0.25) is 0 Å². The number of nitrogens with zero attached hydrogens (tertiary/aromatic N) is 3. The molecule has 0 spiro atoms. The fraction of sp³-hybridized carbons (Fsp3) is 0.412. The van der Waals surface area contributed by atoms with Crippen LogP contribution in [0, 0.1) is 5.92 Å². The third-order valence-corrected chi connectivity index (χ3v) is 4.13. The summed E-state index contributed by atoms with van der Waals surface area (Å²) in [6.07, 6.45) is 4.31. The van der Waals surface area contributed by atoms with Crippen molar-refractivity contribution in [2.75, 3.05) is 31.7 Å². The van der Waals surface area contributed by atoms with Crippen LogP contribution >= 0.6 is 0 Å². The molecule has 1 atom stereocenters. The largest absolute Gasteiger partial charge is 0.493 e. The lowest BCUT2D eigenvalue weighted by Gasteiger charge is -2.17. The minimum Gasteiger partial charge on any atom is -0.493 e. The zero-order valence-electron chi connectivity index (χ0n) is 13.4. The Morgan fingerprint density at radius 2 is 2.09 bits per heavy atom. The van der Waals surface area contributed by atoms with Gasteiger partial charge in [-0.05, 0) is 18.6 Å². The summed E-state index contributed by atoms with van der Waals surface area (Å²) in [6, 6.07) is 7.63. The predicted octanol–water partition coefficient (Wildman–Crippen LogP) is 1.69. The molecule has 1 aromatic heterocycles. The minimum atomic E-state index is -0.0567. The van der Waals surface area contributed by atoms with Gasteiger partial charge in [-0.1, -0.05) is 12.1 Å². The number of hydrogen-bond donors (Lipinski definition) is 0. The van der Waals surface area contributed by atoms with Gasteiger partial charge in [0.15, 0.2) is 17.3 Å². The van der Waals surface area contributed by atoms with Crippen molar-refractivity contribution in [2.24, 2.45) is 13.0 Å². The summed E-state index contributed by atoms with van der Waals surface area (Å²) in [5.41, 5.74) is -0.0567. The first-order valence-electron chi connectivity index (χ1n) is 7.71. The molecule has 1 unspecified atom stereocenters. The normalized spacial score (nSPS) is 17.3. The van der Waals surface area contributed by atoms with Gasteiger partial charge in [-0.2, -0.15) is 0 Å². The van der Waals surface area contributed by atoms with Crippen LogP contribution in [0.5, 0.6) is 11.5 Å². The van der Waals surface area contributed by atoms with Crippen molar-refractivity contribution in [1.82, 2.24) is 9.55 Å². The van der Waals surface area contributed by atoms with Crippen LogP contribution in [0.1, 0.15) is 6.42 Å². The summed E-state index contributed by atoms with van der Waals surface area (Å²) in [5, 5.41) is 0. The van der Waals surface area contributed by atoms with Crippen LogP contribution < -0.4 is 19.9 Å². The number of aryl methyl sites for hydroxylation is 1. The number of anilines is 1. The summed E-state index contributed by atoms with van der Waals surface area (Å²) in [4.78, 5) is 18.4. The third-order valence-electron chi connectivity index (χ3n) is 4.13. The van der Waals surface area contributed by atoms with Gasteiger partial charge in [0.25, 0.3) is 5.56 Å². The summed E-state index contributed by atoms with van der Waals surface area (Å²) in [7, 11) is 3.38. The molecular weight excluding hydrogens is 294 g/mol. The monoisotopic (exact) mass is 315 g/mol. The van der Waals surface area contributed by atoms with Crippen molar-refractivity contribution in [3.8, 4) is 11.5 Å². The SMILES string of the molecule is COc1ccccc1OCC1CCN(c2nccn(C)c2=O)C1. The molecular formula is C17H21N3O3. The highest BCUT2D eigenvalue weighted by Gasteiger charge is 2.26. The number of aromatic nitrogens is 2. The average Bonchev–Trinajstić information content (AvgIpc) is 3.04. The van der Waals surface area contributed by atoms with Crippen LogP contribution in [-0.2, 0) is 7.05 Å². The molecule has 1 aliphatic rings. The topological polar surface area (TPSA) is 56.6 Å². The fourth-order valence-electron chi connectivity index (χ4n) is 2.81. The maximum Gasteiger partial charge on any atom is 0.293 e. The lowest BCUT2D eigenvalue weighted by molar-refractivity contribution is 0.248. The van der Waals surface area contributed by atoms with Gasteiger partial charge < -0.3 is 18.9 Å². The van der Waals surface area contributed by atoms with Crippen molar-refractivity contribution in [2.45, 2.75) is 6.42 Å². The molecule has 2 aromatic rings. The van der Waals surface area contributed by atoms with E-state index in [4.69, 9.17) is 9.47 Å². The molecule has 1 fully saturated rings. The van der Waals surface area contributed by atoms with Crippen LogP contribution in [0.15, 0.2) is 41.5 Å². The molecule has 0 N–H and O–H groups in total. The molecule has 0 saturated carbocycles. The fourth-order valence-corrected chi connectivity index (χ4v) is 2.81. The Kier molecular flexibility index (Phi) is 4.50. The van der Waals surface area contributed by atoms with E-state index in [2.05, 4.69) is 4.98 Å². The van der Waals surface area contributed by atoms with Crippen molar-refractivity contribution in [3.05, 3.63) is 47.0 Å². The molecule has 0 radical (unpaired) electrons.